The maximum atomic E-state index is 13.9. The highest BCUT2D eigenvalue weighted by Crippen LogP contribution is 2.51. The number of amides is 1. The summed E-state index contributed by atoms with van der Waals surface area (Å²) in [5.41, 5.74) is -7.95. The number of aryl methyl sites for hydroxylation is 1. The number of carbonyl (C=O) groups is 2. The summed E-state index contributed by atoms with van der Waals surface area (Å²) in [6, 6.07) is 3.91. The number of fused-ring (bicyclic) bond motifs is 1. The Morgan fingerprint density at radius 3 is 2.13 bits per heavy atom. The molecule has 4 rings (SSSR count). The number of benzene rings is 2. The number of halogens is 7. The van der Waals surface area contributed by atoms with Gasteiger partial charge >= 0.3 is 18.4 Å². The van der Waals surface area contributed by atoms with Gasteiger partial charge in [-0.25, -0.2) is 17.6 Å². The van der Waals surface area contributed by atoms with Crippen molar-refractivity contribution in [2.45, 2.75) is 106 Å². The molecule has 47 heavy (non-hydrogen) atoms. The number of aliphatic hydroxyl groups is 1. The van der Waals surface area contributed by atoms with Crippen molar-refractivity contribution in [2.75, 3.05) is 4.31 Å². The Balaban J connectivity index is 1.61. The van der Waals surface area contributed by atoms with Crippen LogP contribution in [-0.2, 0) is 31.6 Å². The van der Waals surface area contributed by atoms with Gasteiger partial charge in [-0.3, -0.25) is 9.10 Å². The first-order chi connectivity index (χ1) is 21.5. The second-order valence-corrected chi connectivity index (χ2v) is 14.8. The van der Waals surface area contributed by atoms with Crippen LogP contribution in [0.4, 0.5) is 41.2 Å². The fourth-order valence-electron chi connectivity index (χ4n) is 6.11. The second kappa shape index (κ2) is 12.9. The summed E-state index contributed by atoms with van der Waals surface area (Å²) in [7, 11) is -4.61. The Bertz CT molecular complexity index is 1570. The largest absolute Gasteiger partial charge is 0.444 e. The molecule has 0 bridgehead atoms. The summed E-state index contributed by atoms with van der Waals surface area (Å²) in [4.78, 5) is 25.0. The molecule has 0 saturated heterocycles. The average Bonchev–Trinajstić information content (AvgIpc) is 3.35. The van der Waals surface area contributed by atoms with E-state index >= 15 is 0 Å². The Hall–Kier alpha value is -3.40. The van der Waals surface area contributed by atoms with Gasteiger partial charge in [-0.1, -0.05) is 12.1 Å². The molecule has 1 saturated carbocycles. The Kier molecular flexibility index (Phi) is 10.00. The summed E-state index contributed by atoms with van der Waals surface area (Å²) in [5, 5.41) is 12.7. The number of alkyl carbamates (subject to hydrolysis) is 1. The van der Waals surface area contributed by atoms with Gasteiger partial charge in [-0.2, -0.15) is 26.3 Å². The van der Waals surface area contributed by atoms with Crippen molar-refractivity contribution >= 4 is 27.6 Å². The molecule has 8 nitrogen and oxygen atoms in total. The van der Waals surface area contributed by atoms with Gasteiger partial charge in [-0.05, 0) is 94.7 Å². The van der Waals surface area contributed by atoms with Crippen LogP contribution in [0.25, 0.3) is 0 Å². The molecule has 1 fully saturated rings. The van der Waals surface area contributed by atoms with Crippen molar-refractivity contribution in [3.05, 3.63) is 59.4 Å². The molecule has 1 aliphatic carbocycles. The van der Waals surface area contributed by atoms with Gasteiger partial charge in [0.25, 0.3) is 15.6 Å². The summed E-state index contributed by atoms with van der Waals surface area (Å²) < 4.78 is 129. The van der Waals surface area contributed by atoms with E-state index in [2.05, 4.69) is 5.32 Å². The molecule has 2 aliphatic rings. The van der Waals surface area contributed by atoms with E-state index in [9.17, 15) is 53.8 Å². The first-order valence-electron chi connectivity index (χ1n) is 14.8. The van der Waals surface area contributed by atoms with Crippen LogP contribution in [0, 0.1) is 11.7 Å². The van der Waals surface area contributed by atoms with E-state index in [1.54, 1.807) is 20.8 Å². The van der Waals surface area contributed by atoms with Crippen LogP contribution in [0.15, 0.2) is 47.4 Å². The lowest BCUT2D eigenvalue weighted by Gasteiger charge is -2.39. The molecule has 0 aromatic heterocycles. The molecule has 1 amide bonds. The van der Waals surface area contributed by atoms with E-state index in [0.717, 1.165) is 34.6 Å². The normalized spacial score (nSPS) is 20.9. The zero-order valence-electron chi connectivity index (χ0n) is 25.7. The molecule has 1 heterocycles. The summed E-state index contributed by atoms with van der Waals surface area (Å²) >= 11 is 0. The standard InChI is InChI=1S/C31H35F7N2O6S/c1-28(2,3)46-27(42)39-22-9-4-18(14-22)15-24(41)17-23-10-5-19-16-20(29(43,30(33,34)35)31(36,37)38)6-13-26(19)40(23)47(44,45)25-11-7-21(32)8-12-25/h6-8,11-13,16,18,22-23,43H,4-5,9-10,14-15,17H2,1-3H3,(H,39,42)/t18-,22-,23+/m1/s1. The molecule has 3 atom stereocenters. The number of rotatable bonds is 8. The van der Waals surface area contributed by atoms with Gasteiger partial charge in [0, 0.05) is 24.4 Å². The number of alkyl halides is 6. The molecular formula is C31H35F7N2O6S. The fourth-order valence-corrected chi connectivity index (χ4v) is 7.83. The quantitative estimate of drug-likeness (QED) is 0.298. The predicted octanol–water partition coefficient (Wildman–Crippen LogP) is 6.69. The van der Waals surface area contributed by atoms with E-state index in [1.165, 1.54) is 0 Å². The number of carbonyl (C=O) groups excluding carboxylic acids is 2. The molecule has 2 N–H and O–H groups in total. The number of ketones is 1. The molecule has 2 aromatic carbocycles. The minimum atomic E-state index is -6.15. The Morgan fingerprint density at radius 2 is 1.55 bits per heavy atom. The Morgan fingerprint density at radius 1 is 0.936 bits per heavy atom. The van der Waals surface area contributed by atoms with Crippen molar-refractivity contribution in [3.63, 3.8) is 0 Å². The lowest BCUT2D eigenvalue weighted by molar-refractivity contribution is -0.376. The van der Waals surface area contributed by atoms with Gasteiger partial charge in [0.1, 0.15) is 17.2 Å². The van der Waals surface area contributed by atoms with Gasteiger partial charge in [-0.15, -0.1) is 0 Å². The van der Waals surface area contributed by atoms with E-state index in [1.807, 2.05) is 0 Å². The van der Waals surface area contributed by atoms with Crippen LogP contribution in [0.2, 0.25) is 0 Å². The predicted molar refractivity (Wildman–Crippen MR) is 155 cm³/mol. The maximum Gasteiger partial charge on any atom is 0.430 e. The smallest absolute Gasteiger partial charge is 0.430 e. The first-order valence-corrected chi connectivity index (χ1v) is 16.3. The summed E-state index contributed by atoms with van der Waals surface area (Å²) in [6.07, 6.45) is -11.9. The summed E-state index contributed by atoms with van der Waals surface area (Å²) in [6.45, 7) is 5.15. The molecular weight excluding hydrogens is 661 g/mol. The minimum absolute atomic E-state index is 0.0451. The van der Waals surface area contributed by atoms with Crippen LogP contribution < -0.4 is 9.62 Å². The van der Waals surface area contributed by atoms with Crippen molar-refractivity contribution < 1.29 is 58.6 Å². The van der Waals surface area contributed by atoms with Gasteiger partial charge < -0.3 is 15.2 Å². The number of Topliss-reactive ketones (excluding diaryl/α,β-unsaturated/α-hetero) is 1. The van der Waals surface area contributed by atoms with Crippen LogP contribution in [-0.4, -0.2) is 55.4 Å². The van der Waals surface area contributed by atoms with E-state index < -0.39 is 62.0 Å². The van der Waals surface area contributed by atoms with Gasteiger partial charge in [0.2, 0.25) is 0 Å². The second-order valence-electron chi connectivity index (χ2n) is 13.0. The fraction of sp³-hybridized carbons (Fsp3) is 0.548. The highest BCUT2D eigenvalue weighted by molar-refractivity contribution is 7.92. The van der Waals surface area contributed by atoms with Crippen molar-refractivity contribution in [2.24, 2.45) is 5.92 Å². The van der Waals surface area contributed by atoms with Crippen molar-refractivity contribution in [1.29, 1.82) is 0 Å². The maximum absolute atomic E-state index is 13.9. The minimum Gasteiger partial charge on any atom is -0.444 e. The van der Waals surface area contributed by atoms with E-state index in [4.69, 9.17) is 4.74 Å². The third-order valence-electron chi connectivity index (χ3n) is 8.25. The van der Waals surface area contributed by atoms with Gasteiger partial charge in [0.15, 0.2) is 0 Å². The first kappa shape index (κ1) is 36.4. The van der Waals surface area contributed by atoms with E-state index in [0.29, 0.717) is 31.4 Å². The molecule has 16 heteroatoms. The van der Waals surface area contributed by atoms with Crippen LogP contribution in [0.5, 0.6) is 0 Å². The number of ether oxygens (including phenoxy) is 1. The van der Waals surface area contributed by atoms with Crippen LogP contribution in [0.1, 0.15) is 70.4 Å². The number of hydrogen-bond acceptors (Lipinski definition) is 6. The van der Waals surface area contributed by atoms with Crippen LogP contribution >= 0.6 is 0 Å². The average molecular weight is 697 g/mol. The van der Waals surface area contributed by atoms with Gasteiger partial charge in [0.05, 0.1) is 16.6 Å². The molecule has 0 radical (unpaired) electrons. The van der Waals surface area contributed by atoms with Crippen molar-refractivity contribution in [1.82, 2.24) is 5.32 Å². The topological polar surface area (TPSA) is 113 Å². The zero-order valence-corrected chi connectivity index (χ0v) is 26.5. The number of anilines is 1. The molecule has 1 aliphatic heterocycles. The molecule has 260 valence electrons. The summed E-state index contributed by atoms with van der Waals surface area (Å²) in [5.74, 6) is -1.22. The lowest BCUT2D eigenvalue weighted by atomic mass is 9.87. The van der Waals surface area contributed by atoms with Crippen LogP contribution in [0.3, 0.4) is 0 Å². The molecule has 0 spiro atoms. The molecule has 2 aromatic rings. The third-order valence-corrected chi connectivity index (χ3v) is 10.1. The SMILES string of the molecule is CC(C)(C)OC(=O)N[C@@H]1CC[C@@H](CC(=O)C[C@@H]2CCc3cc(C(O)(C(F)(F)F)C(F)(F)F)ccc3N2S(=O)(=O)c2ccc(F)cc2)C1. The monoisotopic (exact) mass is 696 g/mol. The molecule has 0 unspecified atom stereocenters. The van der Waals surface area contributed by atoms with E-state index in [-0.39, 0.29) is 54.7 Å². The number of sulfonamides is 1. The third kappa shape index (κ3) is 7.85. The van der Waals surface area contributed by atoms with Crippen molar-refractivity contribution in [3.8, 4) is 0 Å². The number of nitrogens with one attached hydrogen (secondary N) is 1. The Labute approximate surface area is 267 Å². The highest BCUT2D eigenvalue weighted by atomic mass is 32.2. The number of nitrogens with zero attached hydrogens (tertiary/aromatic N) is 1. The highest BCUT2D eigenvalue weighted by Gasteiger charge is 2.71. The lowest BCUT2D eigenvalue weighted by Crippen LogP contribution is -2.54. The zero-order chi connectivity index (χ0) is 35.2. The number of hydrogen-bond donors (Lipinski definition) is 2.